The van der Waals surface area contributed by atoms with Crippen LogP contribution in [0.3, 0.4) is 0 Å². The lowest BCUT2D eigenvalue weighted by Gasteiger charge is -2.08. The van der Waals surface area contributed by atoms with E-state index in [1.165, 1.54) is 18.2 Å². The van der Waals surface area contributed by atoms with E-state index >= 15 is 0 Å². The maximum absolute atomic E-state index is 13.3. The number of carbonyl (C=O) groups is 3. The number of halogens is 1. The Morgan fingerprint density at radius 2 is 1.41 bits per heavy atom. The first-order chi connectivity index (χ1) is 10.6. The van der Waals surface area contributed by atoms with E-state index in [9.17, 15) is 18.8 Å². The van der Waals surface area contributed by atoms with Crippen LogP contribution in [0, 0.1) is 5.82 Å². The summed E-state index contributed by atoms with van der Waals surface area (Å²) in [5.74, 6) is -3.46. The van der Waals surface area contributed by atoms with E-state index in [1.54, 1.807) is 30.3 Å². The monoisotopic (exact) mass is 301 g/mol. The quantitative estimate of drug-likeness (QED) is 0.576. The van der Waals surface area contributed by atoms with Crippen LogP contribution in [0.4, 0.5) is 10.1 Å². The largest absolute Gasteiger partial charge is 0.328 e. The fraction of sp³-hybridized carbons (Fsp3) is 0. The molecule has 2 aromatic carbocycles. The highest BCUT2D eigenvalue weighted by molar-refractivity contribution is 6.39. The van der Waals surface area contributed by atoms with Gasteiger partial charge in [0.2, 0.25) is 0 Å². The number of rotatable bonds is 2. The minimum Gasteiger partial charge on any atom is -0.315 e. The van der Waals surface area contributed by atoms with Crippen LogP contribution in [0.2, 0.25) is 0 Å². The SMILES string of the molecule is O=C(NNC(=O)c1ccccc1)C(=O)Nc1ccccc1F. The van der Waals surface area contributed by atoms with Crippen LogP contribution in [-0.4, -0.2) is 17.7 Å². The molecule has 2 rings (SSSR count). The summed E-state index contributed by atoms with van der Waals surface area (Å²) in [6.07, 6.45) is 0. The number of anilines is 1. The van der Waals surface area contributed by atoms with Crippen LogP contribution in [0.25, 0.3) is 0 Å². The van der Waals surface area contributed by atoms with Crippen molar-refractivity contribution in [3.05, 3.63) is 66.0 Å². The number of hydrogen-bond acceptors (Lipinski definition) is 3. The molecular weight excluding hydrogens is 289 g/mol. The van der Waals surface area contributed by atoms with Crippen molar-refractivity contribution in [2.24, 2.45) is 0 Å². The summed E-state index contributed by atoms with van der Waals surface area (Å²) in [6, 6.07) is 13.5. The third kappa shape index (κ3) is 3.89. The van der Waals surface area contributed by atoms with Gasteiger partial charge in [-0.2, -0.15) is 0 Å². The average molecular weight is 301 g/mol. The standard InChI is InChI=1S/C15H12FN3O3/c16-11-8-4-5-9-12(11)17-14(21)15(22)19-18-13(20)10-6-2-1-3-7-10/h1-9H,(H,17,21)(H,18,20)(H,19,22). The van der Waals surface area contributed by atoms with Gasteiger partial charge in [-0.3, -0.25) is 25.2 Å². The van der Waals surface area contributed by atoms with Crippen LogP contribution >= 0.6 is 0 Å². The first-order valence-electron chi connectivity index (χ1n) is 6.29. The molecule has 3 N–H and O–H groups in total. The molecule has 0 spiro atoms. The minimum absolute atomic E-state index is 0.128. The number of benzene rings is 2. The van der Waals surface area contributed by atoms with Gasteiger partial charge in [0.25, 0.3) is 5.91 Å². The molecule has 0 saturated heterocycles. The van der Waals surface area contributed by atoms with E-state index < -0.39 is 23.5 Å². The molecule has 0 bridgehead atoms. The molecule has 0 saturated carbocycles. The molecule has 6 nitrogen and oxygen atoms in total. The van der Waals surface area contributed by atoms with Gasteiger partial charge in [-0.1, -0.05) is 30.3 Å². The van der Waals surface area contributed by atoms with Crippen LogP contribution in [0.5, 0.6) is 0 Å². The first-order valence-corrected chi connectivity index (χ1v) is 6.29. The Hall–Kier alpha value is -3.22. The summed E-state index contributed by atoms with van der Waals surface area (Å²) in [6.45, 7) is 0. The molecule has 0 aliphatic rings. The summed E-state index contributed by atoms with van der Waals surface area (Å²) in [4.78, 5) is 34.8. The highest BCUT2D eigenvalue weighted by Crippen LogP contribution is 2.11. The third-order valence-corrected chi connectivity index (χ3v) is 2.65. The van der Waals surface area contributed by atoms with Crippen molar-refractivity contribution in [1.82, 2.24) is 10.9 Å². The van der Waals surface area contributed by atoms with Crippen LogP contribution in [0.15, 0.2) is 54.6 Å². The average Bonchev–Trinajstić information content (AvgIpc) is 2.55. The Kier molecular flexibility index (Phi) is 4.81. The summed E-state index contributed by atoms with van der Waals surface area (Å²) in [5, 5.41) is 2.10. The lowest BCUT2D eigenvalue weighted by Crippen LogP contribution is -2.46. The fourth-order valence-corrected chi connectivity index (χ4v) is 1.57. The molecule has 0 fully saturated rings. The van der Waals surface area contributed by atoms with Gasteiger partial charge in [-0.25, -0.2) is 4.39 Å². The molecule has 0 aromatic heterocycles. The van der Waals surface area contributed by atoms with Gasteiger partial charge < -0.3 is 5.32 Å². The molecule has 112 valence electrons. The molecule has 0 aliphatic heterocycles. The van der Waals surface area contributed by atoms with Gasteiger partial charge in [-0.05, 0) is 24.3 Å². The van der Waals surface area contributed by atoms with Crippen molar-refractivity contribution in [2.45, 2.75) is 0 Å². The Morgan fingerprint density at radius 1 is 0.773 bits per heavy atom. The van der Waals surface area contributed by atoms with Crippen molar-refractivity contribution in [3.63, 3.8) is 0 Å². The van der Waals surface area contributed by atoms with Crippen LogP contribution in [-0.2, 0) is 9.59 Å². The molecule has 7 heteroatoms. The zero-order chi connectivity index (χ0) is 15.9. The highest BCUT2D eigenvalue weighted by atomic mass is 19.1. The molecule has 2 aromatic rings. The molecular formula is C15H12FN3O3. The number of nitrogens with one attached hydrogen (secondary N) is 3. The van der Waals surface area contributed by atoms with Gasteiger partial charge in [0.1, 0.15) is 5.82 Å². The Balaban J connectivity index is 1.88. The smallest absolute Gasteiger partial charge is 0.315 e. The summed E-state index contributed by atoms with van der Waals surface area (Å²) >= 11 is 0. The zero-order valence-corrected chi connectivity index (χ0v) is 11.3. The second-order valence-electron chi connectivity index (χ2n) is 4.21. The molecule has 0 heterocycles. The predicted octanol–water partition coefficient (Wildman–Crippen LogP) is 1.23. The summed E-state index contributed by atoms with van der Waals surface area (Å²) < 4.78 is 13.3. The lowest BCUT2D eigenvalue weighted by molar-refractivity contribution is -0.136. The molecule has 0 unspecified atom stereocenters. The van der Waals surface area contributed by atoms with E-state index in [4.69, 9.17) is 0 Å². The van der Waals surface area contributed by atoms with Gasteiger partial charge in [0.15, 0.2) is 0 Å². The lowest BCUT2D eigenvalue weighted by atomic mass is 10.2. The normalized spacial score (nSPS) is 9.68. The second kappa shape index (κ2) is 6.98. The first kappa shape index (κ1) is 15.2. The van der Waals surface area contributed by atoms with E-state index in [0.29, 0.717) is 5.56 Å². The number of para-hydroxylation sites is 1. The Morgan fingerprint density at radius 3 is 2.09 bits per heavy atom. The molecule has 22 heavy (non-hydrogen) atoms. The van der Waals surface area contributed by atoms with Gasteiger partial charge in [-0.15, -0.1) is 0 Å². The number of hydrazine groups is 1. The molecule has 0 aliphatic carbocycles. The summed E-state index contributed by atoms with van der Waals surface area (Å²) in [5.41, 5.74) is 4.22. The zero-order valence-electron chi connectivity index (χ0n) is 11.3. The van der Waals surface area contributed by atoms with Gasteiger partial charge in [0, 0.05) is 5.56 Å². The van der Waals surface area contributed by atoms with E-state index in [1.807, 2.05) is 5.43 Å². The molecule has 3 amide bonds. The topological polar surface area (TPSA) is 87.3 Å². The minimum atomic E-state index is -1.12. The molecule has 0 atom stereocenters. The second-order valence-corrected chi connectivity index (χ2v) is 4.21. The van der Waals surface area contributed by atoms with E-state index in [2.05, 4.69) is 10.7 Å². The van der Waals surface area contributed by atoms with Crippen molar-refractivity contribution >= 4 is 23.4 Å². The fourth-order valence-electron chi connectivity index (χ4n) is 1.57. The van der Waals surface area contributed by atoms with Crippen LogP contribution in [0.1, 0.15) is 10.4 Å². The van der Waals surface area contributed by atoms with Crippen molar-refractivity contribution < 1.29 is 18.8 Å². The van der Waals surface area contributed by atoms with Crippen molar-refractivity contribution in [3.8, 4) is 0 Å². The number of amides is 3. The summed E-state index contributed by atoms with van der Waals surface area (Å²) in [7, 11) is 0. The van der Waals surface area contributed by atoms with E-state index in [0.717, 1.165) is 6.07 Å². The van der Waals surface area contributed by atoms with Gasteiger partial charge in [0.05, 0.1) is 5.69 Å². The third-order valence-electron chi connectivity index (χ3n) is 2.65. The van der Waals surface area contributed by atoms with E-state index in [-0.39, 0.29) is 5.69 Å². The number of carbonyl (C=O) groups excluding carboxylic acids is 3. The van der Waals surface area contributed by atoms with Crippen molar-refractivity contribution in [2.75, 3.05) is 5.32 Å². The predicted molar refractivity (Wildman–Crippen MR) is 77.1 cm³/mol. The molecule has 0 radical (unpaired) electrons. The highest BCUT2D eigenvalue weighted by Gasteiger charge is 2.16. The Labute approximate surface area is 125 Å². The van der Waals surface area contributed by atoms with Crippen molar-refractivity contribution in [1.29, 1.82) is 0 Å². The van der Waals surface area contributed by atoms with Gasteiger partial charge >= 0.3 is 11.8 Å². The van der Waals surface area contributed by atoms with Crippen LogP contribution < -0.4 is 16.2 Å². The maximum atomic E-state index is 13.3. The maximum Gasteiger partial charge on any atom is 0.328 e. The number of hydrogen-bond donors (Lipinski definition) is 3. The Bertz CT molecular complexity index is 704.